The fourth-order valence-corrected chi connectivity index (χ4v) is 2.64. The van der Waals surface area contributed by atoms with Crippen molar-refractivity contribution in [2.45, 2.75) is 59.0 Å². The maximum atomic E-state index is 4.51. The SMILES string of the molecule is CCNC(CCc1cc(C)nn1CC)C1CC1. The molecule has 2 rings (SSSR count). The molecule has 1 N–H and O–H groups in total. The van der Waals surface area contributed by atoms with Crippen LogP contribution in [0.3, 0.4) is 0 Å². The Balaban J connectivity index is 1.90. The van der Waals surface area contributed by atoms with Crippen LogP contribution in [0.2, 0.25) is 0 Å². The van der Waals surface area contributed by atoms with Gasteiger partial charge in [0.25, 0.3) is 0 Å². The Bertz CT molecular complexity index is 352. The molecule has 0 bridgehead atoms. The summed E-state index contributed by atoms with van der Waals surface area (Å²) in [6.45, 7) is 8.53. The average Bonchev–Trinajstić information content (AvgIpc) is 3.08. The highest BCUT2D eigenvalue weighted by Crippen LogP contribution is 2.34. The van der Waals surface area contributed by atoms with Gasteiger partial charge in [0.15, 0.2) is 0 Å². The minimum Gasteiger partial charge on any atom is -0.314 e. The number of hydrogen-bond donors (Lipinski definition) is 1. The highest BCUT2D eigenvalue weighted by atomic mass is 15.3. The molecule has 1 aromatic rings. The third-order valence-corrected chi connectivity index (χ3v) is 3.65. The molecule has 1 aliphatic rings. The normalized spacial score (nSPS) is 17.4. The van der Waals surface area contributed by atoms with Crippen LogP contribution >= 0.6 is 0 Å². The molecule has 1 atom stereocenters. The quantitative estimate of drug-likeness (QED) is 0.787. The molecular weight excluding hydrogens is 210 g/mol. The van der Waals surface area contributed by atoms with E-state index in [0.717, 1.165) is 37.2 Å². The fraction of sp³-hybridized carbons (Fsp3) is 0.786. The van der Waals surface area contributed by atoms with Crippen molar-refractivity contribution in [2.75, 3.05) is 6.54 Å². The Kier molecular flexibility index (Phi) is 4.21. The van der Waals surface area contributed by atoms with Crippen molar-refractivity contribution in [1.82, 2.24) is 15.1 Å². The van der Waals surface area contributed by atoms with E-state index < -0.39 is 0 Å². The predicted octanol–water partition coefficient (Wildman–Crippen LogP) is 2.53. The first-order valence-electron chi connectivity index (χ1n) is 7.01. The summed E-state index contributed by atoms with van der Waals surface area (Å²) < 4.78 is 2.14. The lowest BCUT2D eigenvalue weighted by Crippen LogP contribution is -2.31. The summed E-state index contributed by atoms with van der Waals surface area (Å²) in [4.78, 5) is 0. The zero-order chi connectivity index (χ0) is 12.3. The van der Waals surface area contributed by atoms with Gasteiger partial charge in [-0.2, -0.15) is 5.10 Å². The topological polar surface area (TPSA) is 29.9 Å². The summed E-state index contributed by atoms with van der Waals surface area (Å²) in [5.41, 5.74) is 2.54. The van der Waals surface area contributed by atoms with Gasteiger partial charge in [-0.15, -0.1) is 0 Å². The van der Waals surface area contributed by atoms with Gasteiger partial charge in [-0.3, -0.25) is 4.68 Å². The van der Waals surface area contributed by atoms with Crippen molar-refractivity contribution < 1.29 is 0 Å². The van der Waals surface area contributed by atoms with Crippen LogP contribution in [0.25, 0.3) is 0 Å². The number of aromatic nitrogens is 2. The number of nitrogens with zero attached hydrogens (tertiary/aromatic N) is 2. The van der Waals surface area contributed by atoms with Crippen LogP contribution in [0.1, 0.15) is 44.5 Å². The van der Waals surface area contributed by atoms with Crippen LogP contribution in [0.5, 0.6) is 0 Å². The van der Waals surface area contributed by atoms with Crippen molar-refractivity contribution in [1.29, 1.82) is 0 Å². The van der Waals surface area contributed by atoms with Gasteiger partial charge in [0.05, 0.1) is 5.69 Å². The average molecular weight is 235 g/mol. The van der Waals surface area contributed by atoms with E-state index in [9.17, 15) is 0 Å². The lowest BCUT2D eigenvalue weighted by molar-refractivity contribution is 0.439. The first-order chi connectivity index (χ1) is 8.24. The summed E-state index contributed by atoms with van der Waals surface area (Å²) in [5, 5.41) is 8.14. The number of rotatable bonds is 7. The summed E-state index contributed by atoms with van der Waals surface area (Å²) in [6.07, 6.45) is 5.25. The zero-order valence-corrected chi connectivity index (χ0v) is 11.4. The first-order valence-corrected chi connectivity index (χ1v) is 7.01. The van der Waals surface area contributed by atoms with Crippen LogP contribution in [0.15, 0.2) is 6.07 Å². The molecule has 0 amide bonds. The molecule has 0 saturated heterocycles. The van der Waals surface area contributed by atoms with E-state index in [0.29, 0.717) is 0 Å². The van der Waals surface area contributed by atoms with Gasteiger partial charge in [-0.05, 0) is 58.1 Å². The summed E-state index contributed by atoms with van der Waals surface area (Å²) >= 11 is 0. The van der Waals surface area contributed by atoms with Gasteiger partial charge >= 0.3 is 0 Å². The maximum Gasteiger partial charge on any atom is 0.0596 e. The molecule has 96 valence electrons. The zero-order valence-electron chi connectivity index (χ0n) is 11.4. The Hall–Kier alpha value is -0.830. The van der Waals surface area contributed by atoms with Crippen LogP contribution in [-0.4, -0.2) is 22.4 Å². The number of nitrogens with one attached hydrogen (secondary N) is 1. The Morgan fingerprint density at radius 1 is 1.47 bits per heavy atom. The van der Waals surface area contributed by atoms with E-state index in [1.807, 2.05) is 0 Å². The lowest BCUT2D eigenvalue weighted by Gasteiger charge is -2.17. The van der Waals surface area contributed by atoms with E-state index in [2.05, 4.69) is 41.9 Å². The molecular formula is C14H25N3. The summed E-state index contributed by atoms with van der Waals surface area (Å²) in [6, 6.07) is 2.96. The lowest BCUT2D eigenvalue weighted by atomic mass is 10.0. The van der Waals surface area contributed by atoms with Gasteiger partial charge in [-0.25, -0.2) is 0 Å². The third-order valence-electron chi connectivity index (χ3n) is 3.65. The maximum absolute atomic E-state index is 4.51. The second-order valence-electron chi connectivity index (χ2n) is 5.13. The van der Waals surface area contributed by atoms with Crippen LogP contribution < -0.4 is 5.32 Å². The molecule has 1 saturated carbocycles. The van der Waals surface area contributed by atoms with E-state index in [-0.39, 0.29) is 0 Å². The van der Waals surface area contributed by atoms with Crippen molar-refractivity contribution in [3.8, 4) is 0 Å². The van der Waals surface area contributed by atoms with E-state index in [4.69, 9.17) is 0 Å². The van der Waals surface area contributed by atoms with Crippen molar-refractivity contribution >= 4 is 0 Å². The van der Waals surface area contributed by atoms with Gasteiger partial charge < -0.3 is 5.32 Å². The highest BCUT2D eigenvalue weighted by Gasteiger charge is 2.30. The number of hydrogen-bond acceptors (Lipinski definition) is 2. The minimum absolute atomic E-state index is 0.723. The van der Waals surface area contributed by atoms with E-state index in [1.54, 1.807) is 0 Å². The summed E-state index contributed by atoms with van der Waals surface area (Å²) in [7, 11) is 0. The standard InChI is InChI=1S/C14H25N3/c1-4-15-14(12-6-7-12)9-8-13-10-11(3)16-17(13)5-2/h10,12,14-15H,4-9H2,1-3H3. The number of aryl methyl sites for hydroxylation is 3. The molecule has 1 heterocycles. The molecule has 1 fully saturated rings. The minimum atomic E-state index is 0.723. The second-order valence-corrected chi connectivity index (χ2v) is 5.13. The molecule has 1 unspecified atom stereocenters. The Morgan fingerprint density at radius 2 is 2.24 bits per heavy atom. The monoisotopic (exact) mass is 235 g/mol. The molecule has 17 heavy (non-hydrogen) atoms. The van der Waals surface area contributed by atoms with E-state index in [1.165, 1.54) is 25.0 Å². The van der Waals surface area contributed by atoms with Gasteiger partial charge in [-0.1, -0.05) is 6.92 Å². The summed E-state index contributed by atoms with van der Waals surface area (Å²) in [5.74, 6) is 0.939. The molecule has 0 spiro atoms. The van der Waals surface area contributed by atoms with Crippen molar-refractivity contribution in [3.63, 3.8) is 0 Å². The van der Waals surface area contributed by atoms with Crippen LogP contribution in [0, 0.1) is 12.8 Å². The molecule has 3 heteroatoms. The smallest absolute Gasteiger partial charge is 0.0596 e. The van der Waals surface area contributed by atoms with Crippen LogP contribution in [0.4, 0.5) is 0 Å². The van der Waals surface area contributed by atoms with Crippen molar-refractivity contribution in [2.24, 2.45) is 5.92 Å². The third kappa shape index (κ3) is 3.32. The van der Waals surface area contributed by atoms with Gasteiger partial charge in [0, 0.05) is 18.3 Å². The molecule has 1 aliphatic carbocycles. The first kappa shape index (κ1) is 12.6. The molecule has 0 radical (unpaired) electrons. The fourth-order valence-electron chi connectivity index (χ4n) is 2.64. The van der Waals surface area contributed by atoms with E-state index >= 15 is 0 Å². The van der Waals surface area contributed by atoms with Crippen LogP contribution in [-0.2, 0) is 13.0 Å². The highest BCUT2D eigenvalue weighted by molar-refractivity contribution is 5.09. The second kappa shape index (κ2) is 5.67. The van der Waals surface area contributed by atoms with Crippen molar-refractivity contribution in [3.05, 3.63) is 17.5 Å². The molecule has 0 aliphatic heterocycles. The Morgan fingerprint density at radius 3 is 2.82 bits per heavy atom. The largest absolute Gasteiger partial charge is 0.314 e. The molecule has 3 nitrogen and oxygen atoms in total. The molecule has 0 aromatic carbocycles. The predicted molar refractivity (Wildman–Crippen MR) is 71.1 cm³/mol. The van der Waals surface area contributed by atoms with Gasteiger partial charge in [0.1, 0.15) is 0 Å². The molecule has 1 aromatic heterocycles. The van der Waals surface area contributed by atoms with Gasteiger partial charge in [0.2, 0.25) is 0 Å². The Labute approximate surface area is 105 Å².